The van der Waals surface area contributed by atoms with Crippen LogP contribution in [-0.2, 0) is 0 Å². The lowest BCUT2D eigenvalue weighted by molar-refractivity contribution is -0.175. The van der Waals surface area contributed by atoms with Gasteiger partial charge in [-0.3, -0.25) is 0 Å². The molecule has 0 aromatic heterocycles. The summed E-state index contributed by atoms with van der Waals surface area (Å²) in [5.74, 6) is 0. The van der Waals surface area contributed by atoms with Crippen molar-refractivity contribution in [2.75, 3.05) is 0 Å². The standard InChI is InChI=1S/C9H14O/c10-7-1-2-9(7)6-5-8(9)3-4-8/h7,10H,1-6H2/t7-,9+/m1/s1. The molecule has 0 aliphatic heterocycles. The van der Waals surface area contributed by atoms with Gasteiger partial charge in [-0.15, -0.1) is 0 Å². The normalized spacial score (nSPS) is 54.3. The fourth-order valence-electron chi connectivity index (χ4n) is 3.23. The highest BCUT2D eigenvalue weighted by atomic mass is 16.3. The van der Waals surface area contributed by atoms with Crippen molar-refractivity contribution >= 4 is 0 Å². The van der Waals surface area contributed by atoms with Gasteiger partial charge < -0.3 is 5.11 Å². The molecule has 1 nitrogen and oxygen atoms in total. The van der Waals surface area contributed by atoms with Gasteiger partial charge in [-0.25, -0.2) is 0 Å². The molecule has 2 atom stereocenters. The highest BCUT2D eigenvalue weighted by Gasteiger charge is 2.70. The lowest BCUT2D eigenvalue weighted by Gasteiger charge is -2.60. The summed E-state index contributed by atoms with van der Waals surface area (Å²) in [6, 6.07) is 0. The number of aliphatic hydroxyl groups is 1. The average molecular weight is 138 g/mol. The van der Waals surface area contributed by atoms with E-state index < -0.39 is 0 Å². The summed E-state index contributed by atoms with van der Waals surface area (Å²) in [5, 5.41) is 9.59. The Morgan fingerprint density at radius 3 is 1.80 bits per heavy atom. The van der Waals surface area contributed by atoms with Crippen molar-refractivity contribution in [3.63, 3.8) is 0 Å². The van der Waals surface area contributed by atoms with E-state index in [1.54, 1.807) is 0 Å². The van der Waals surface area contributed by atoms with Crippen molar-refractivity contribution in [3.05, 3.63) is 0 Å². The Kier molecular flexibility index (Phi) is 0.722. The summed E-state index contributed by atoms with van der Waals surface area (Å²) in [5.41, 5.74) is 1.15. The molecule has 0 heterocycles. The molecular formula is C9H14O. The summed E-state index contributed by atoms with van der Waals surface area (Å²) < 4.78 is 0. The van der Waals surface area contributed by atoms with Crippen LogP contribution in [0.15, 0.2) is 0 Å². The van der Waals surface area contributed by atoms with Crippen LogP contribution in [0.5, 0.6) is 0 Å². The van der Waals surface area contributed by atoms with E-state index in [0.717, 1.165) is 6.42 Å². The maximum absolute atomic E-state index is 9.59. The molecule has 1 N–H and O–H groups in total. The van der Waals surface area contributed by atoms with Crippen molar-refractivity contribution in [1.29, 1.82) is 0 Å². The van der Waals surface area contributed by atoms with Gasteiger partial charge in [0.15, 0.2) is 0 Å². The van der Waals surface area contributed by atoms with Crippen LogP contribution in [0.4, 0.5) is 0 Å². The minimum Gasteiger partial charge on any atom is -0.393 e. The molecule has 0 bridgehead atoms. The molecule has 0 amide bonds. The first-order chi connectivity index (χ1) is 4.79. The van der Waals surface area contributed by atoms with E-state index in [0.29, 0.717) is 10.8 Å². The molecule has 10 heavy (non-hydrogen) atoms. The predicted molar refractivity (Wildman–Crippen MR) is 38.6 cm³/mol. The van der Waals surface area contributed by atoms with E-state index in [9.17, 15) is 5.11 Å². The van der Waals surface area contributed by atoms with Gasteiger partial charge in [-0.2, -0.15) is 0 Å². The topological polar surface area (TPSA) is 20.2 Å². The third-order valence-electron chi connectivity index (χ3n) is 4.46. The summed E-state index contributed by atoms with van der Waals surface area (Å²) in [6.07, 6.45) is 8.09. The minimum atomic E-state index is 0.0868. The molecule has 0 radical (unpaired) electrons. The average Bonchev–Trinajstić information content (AvgIpc) is 2.62. The lowest BCUT2D eigenvalue weighted by Crippen LogP contribution is -2.57. The monoisotopic (exact) mass is 138 g/mol. The Hall–Kier alpha value is -0.0400. The number of rotatable bonds is 0. The second-order valence-electron chi connectivity index (χ2n) is 4.49. The molecule has 0 unspecified atom stereocenters. The molecule has 56 valence electrons. The zero-order valence-corrected chi connectivity index (χ0v) is 6.27. The molecule has 0 aromatic rings. The van der Waals surface area contributed by atoms with E-state index in [1.807, 2.05) is 0 Å². The van der Waals surface area contributed by atoms with Gasteiger partial charge in [0.05, 0.1) is 6.10 Å². The van der Waals surface area contributed by atoms with Gasteiger partial charge in [0.2, 0.25) is 0 Å². The van der Waals surface area contributed by atoms with Crippen LogP contribution in [0.25, 0.3) is 0 Å². The largest absolute Gasteiger partial charge is 0.393 e. The number of hydrogen-bond acceptors (Lipinski definition) is 1. The molecule has 1 heteroatoms. The van der Waals surface area contributed by atoms with Crippen molar-refractivity contribution in [2.45, 2.75) is 44.6 Å². The first-order valence-corrected chi connectivity index (χ1v) is 4.47. The van der Waals surface area contributed by atoms with Crippen LogP contribution in [0.1, 0.15) is 38.5 Å². The van der Waals surface area contributed by atoms with Gasteiger partial charge in [0.1, 0.15) is 0 Å². The fraction of sp³-hybridized carbons (Fsp3) is 1.00. The summed E-state index contributed by atoms with van der Waals surface area (Å²) in [7, 11) is 0. The van der Waals surface area contributed by atoms with Gasteiger partial charge in [0.25, 0.3) is 0 Å². The zero-order chi connectivity index (χ0) is 6.82. The Morgan fingerprint density at radius 2 is 1.70 bits per heavy atom. The highest BCUT2D eigenvalue weighted by molar-refractivity contribution is 5.20. The van der Waals surface area contributed by atoms with Gasteiger partial charge in [-0.05, 0) is 43.9 Å². The fourth-order valence-corrected chi connectivity index (χ4v) is 3.23. The van der Waals surface area contributed by atoms with E-state index in [4.69, 9.17) is 0 Å². The Balaban J connectivity index is 1.91. The van der Waals surface area contributed by atoms with Crippen molar-refractivity contribution in [3.8, 4) is 0 Å². The first kappa shape index (κ1) is 5.59. The third kappa shape index (κ3) is 0.355. The smallest absolute Gasteiger partial charge is 0.0602 e. The Labute approximate surface area is 61.4 Å². The van der Waals surface area contributed by atoms with E-state index in [2.05, 4.69) is 0 Å². The van der Waals surface area contributed by atoms with Crippen LogP contribution < -0.4 is 0 Å². The van der Waals surface area contributed by atoms with Crippen LogP contribution in [0.3, 0.4) is 0 Å². The van der Waals surface area contributed by atoms with Crippen molar-refractivity contribution in [1.82, 2.24) is 0 Å². The van der Waals surface area contributed by atoms with Crippen LogP contribution >= 0.6 is 0 Å². The highest BCUT2D eigenvalue weighted by Crippen LogP contribution is 2.77. The van der Waals surface area contributed by atoms with Crippen molar-refractivity contribution < 1.29 is 5.11 Å². The molecule has 2 spiro atoms. The molecule has 3 rings (SSSR count). The van der Waals surface area contributed by atoms with Gasteiger partial charge in [-0.1, -0.05) is 0 Å². The maximum atomic E-state index is 9.59. The lowest BCUT2D eigenvalue weighted by atomic mass is 9.46. The van der Waals surface area contributed by atoms with E-state index in [-0.39, 0.29) is 6.10 Å². The Morgan fingerprint density at radius 1 is 1.00 bits per heavy atom. The molecular weight excluding hydrogens is 124 g/mol. The van der Waals surface area contributed by atoms with Crippen LogP contribution in [0, 0.1) is 10.8 Å². The molecule has 3 fully saturated rings. The van der Waals surface area contributed by atoms with Gasteiger partial charge in [0, 0.05) is 5.41 Å². The second-order valence-corrected chi connectivity index (χ2v) is 4.49. The Bertz CT molecular complexity index is 179. The maximum Gasteiger partial charge on any atom is 0.0602 e. The zero-order valence-electron chi connectivity index (χ0n) is 6.27. The quantitative estimate of drug-likeness (QED) is 0.540. The van der Waals surface area contributed by atoms with Crippen molar-refractivity contribution in [2.24, 2.45) is 10.8 Å². The van der Waals surface area contributed by atoms with E-state index >= 15 is 0 Å². The molecule has 0 saturated heterocycles. The minimum absolute atomic E-state index is 0.0868. The predicted octanol–water partition coefficient (Wildman–Crippen LogP) is 1.70. The number of aliphatic hydroxyl groups excluding tert-OH is 1. The van der Waals surface area contributed by atoms with Crippen LogP contribution in [-0.4, -0.2) is 11.2 Å². The summed E-state index contributed by atoms with van der Waals surface area (Å²) >= 11 is 0. The summed E-state index contributed by atoms with van der Waals surface area (Å²) in [6.45, 7) is 0. The molecule has 3 saturated carbocycles. The number of fused-ring (bicyclic) bond motifs is 1. The SMILES string of the molecule is O[C@@H]1CC[C@]12CCC21CC1. The molecule has 3 aliphatic carbocycles. The van der Waals surface area contributed by atoms with E-state index in [1.165, 1.54) is 32.1 Å². The first-order valence-electron chi connectivity index (χ1n) is 4.47. The van der Waals surface area contributed by atoms with Crippen LogP contribution in [0.2, 0.25) is 0 Å². The molecule has 3 aliphatic rings. The number of hydrogen-bond donors (Lipinski definition) is 1. The molecule has 0 aromatic carbocycles. The van der Waals surface area contributed by atoms with Gasteiger partial charge >= 0.3 is 0 Å². The summed E-state index contributed by atoms with van der Waals surface area (Å²) in [4.78, 5) is 0. The third-order valence-corrected chi connectivity index (χ3v) is 4.46. The second kappa shape index (κ2) is 1.29.